The fourth-order valence-corrected chi connectivity index (χ4v) is 2.66. The SMILES string of the molecule is CCN(CC)c1ccc2cc(-c3ccc(C#N)cc3)oc2c1. The van der Waals surface area contributed by atoms with Gasteiger partial charge in [0.2, 0.25) is 0 Å². The highest BCUT2D eigenvalue weighted by atomic mass is 16.3. The Morgan fingerprint density at radius 1 is 1.00 bits per heavy atom. The molecule has 22 heavy (non-hydrogen) atoms. The van der Waals surface area contributed by atoms with Gasteiger partial charge in [0, 0.05) is 35.8 Å². The normalized spacial score (nSPS) is 10.6. The fraction of sp³-hybridized carbons (Fsp3) is 0.211. The Labute approximate surface area is 130 Å². The second-order valence-electron chi connectivity index (χ2n) is 5.19. The Bertz CT molecular complexity index is 821. The monoisotopic (exact) mass is 290 g/mol. The first-order chi connectivity index (χ1) is 10.7. The highest BCUT2D eigenvalue weighted by molar-refractivity contribution is 5.85. The largest absolute Gasteiger partial charge is 0.456 e. The summed E-state index contributed by atoms with van der Waals surface area (Å²) in [5.74, 6) is 0.830. The van der Waals surface area contributed by atoms with Crippen LogP contribution < -0.4 is 4.90 Å². The molecule has 3 rings (SSSR count). The summed E-state index contributed by atoms with van der Waals surface area (Å²) in [5, 5.41) is 9.96. The van der Waals surface area contributed by atoms with Crippen molar-refractivity contribution < 1.29 is 4.42 Å². The van der Waals surface area contributed by atoms with Crippen LogP contribution in [-0.4, -0.2) is 13.1 Å². The zero-order valence-electron chi connectivity index (χ0n) is 12.8. The Kier molecular flexibility index (Phi) is 3.84. The molecule has 0 saturated heterocycles. The third kappa shape index (κ3) is 2.56. The molecule has 0 amide bonds. The standard InChI is InChI=1S/C19H18N2O/c1-3-21(4-2)17-10-9-16-11-18(22-19(16)12-17)15-7-5-14(13-20)6-8-15/h5-12H,3-4H2,1-2H3. The Balaban J connectivity index is 2.00. The number of nitriles is 1. The van der Waals surface area contributed by atoms with Crippen LogP contribution in [0.1, 0.15) is 19.4 Å². The van der Waals surface area contributed by atoms with Gasteiger partial charge in [-0.1, -0.05) is 0 Å². The van der Waals surface area contributed by atoms with Gasteiger partial charge in [0.05, 0.1) is 11.6 Å². The lowest BCUT2D eigenvalue weighted by Crippen LogP contribution is -2.21. The smallest absolute Gasteiger partial charge is 0.136 e. The highest BCUT2D eigenvalue weighted by Crippen LogP contribution is 2.30. The molecule has 0 bridgehead atoms. The molecule has 0 saturated carbocycles. The third-order valence-corrected chi connectivity index (χ3v) is 3.93. The molecule has 0 aliphatic carbocycles. The van der Waals surface area contributed by atoms with Crippen molar-refractivity contribution in [3.63, 3.8) is 0 Å². The van der Waals surface area contributed by atoms with Crippen LogP contribution in [0, 0.1) is 11.3 Å². The zero-order chi connectivity index (χ0) is 15.5. The van der Waals surface area contributed by atoms with E-state index < -0.39 is 0 Å². The van der Waals surface area contributed by atoms with Crippen molar-refractivity contribution in [2.45, 2.75) is 13.8 Å². The van der Waals surface area contributed by atoms with Crippen molar-refractivity contribution in [3.05, 3.63) is 54.1 Å². The Morgan fingerprint density at radius 2 is 1.73 bits per heavy atom. The Morgan fingerprint density at radius 3 is 2.36 bits per heavy atom. The minimum atomic E-state index is 0.656. The van der Waals surface area contributed by atoms with Crippen molar-refractivity contribution >= 4 is 16.7 Å². The van der Waals surface area contributed by atoms with Gasteiger partial charge in [-0.15, -0.1) is 0 Å². The van der Waals surface area contributed by atoms with E-state index in [9.17, 15) is 0 Å². The summed E-state index contributed by atoms with van der Waals surface area (Å²) in [4.78, 5) is 2.29. The lowest BCUT2D eigenvalue weighted by Gasteiger charge is -2.20. The van der Waals surface area contributed by atoms with Crippen LogP contribution in [-0.2, 0) is 0 Å². The molecule has 3 heteroatoms. The van der Waals surface area contributed by atoms with Crippen molar-refractivity contribution in [2.24, 2.45) is 0 Å². The van der Waals surface area contributed by atoms with Gasteiger partial charge in [0.1, 0.15) is 11.3 Å². The van der Waals surface area contributed by atoms with Crippen LogP contribution in [0.3, 0.4) is 0 Å². The summed E-state index contributed by atoms with van der Waals surface area (Å²) in [6, 6.07) is 18.0. The van der Waals surface area contributed by atoms with Gasteiger partial charge >= 0.3 is 0 Å². The number of rotatable bonds is 4. The molecule has 110 valence electrons. The first-order valence-corrected chi connectivity index (χ1v) is 7.54. The van der Waals surface area contributed by atoms with E-state index in [0.717, 1.165) is 35.4 Å². The molecule has 2 aromatic carbocycles. The minimum absolute atomic E-state index is 0.656. The third-order valence-electron chi connectivity index (χ3n) is 3.93. The van der Waals surface area contributed by atoms with E-state index in [2.05, 4.69) is 43.0 Å². The molecule has 0 unspecified atom stereocenters. The average molecular weight is 290 g/mol. The van der Waals surface area contributed by atoms with E-state index in [1.165, 1.54) is 5.69 Å². The second-order valence-corrected chi connectivity index (χ2v) is 5.19. The molecule has 0 aliphatic heterocycles. The summed E-state index contributed by atoms with van der Waals surface area (Å²) in [7, 11) is 0. The summed E-state index contributed by atoms with van der Waals surface area (Å²) < 4.78 is 6.00. The highest BCUT2D eigenvalue weighted by Gasteiger charge is 2.09. The predicted octanol–water partition coefficient (Wildman–Crippen LogP) is 4.82. The molecule has 3 nitrogen and oxygen atoms in total. The number of nitrogens with zero attached hydrogens (tertiary/aromatic N) is 2. The maximum atomic E-state index is 8.86. The molecule has 1 aromatic heterocycles. The zero-order valence-corrected chi connectivity index (χ0v) is 12.8. The molecule has 3 aromatic rings. The second kappa shape index (κ2) is 5.95. The molecular formula is C19H18N2O. The van der Waals surface area contributed by atoms with Crippen molar-refractivity contribution in [2.75, 3.05) is 18.0 Å². The number of fused-ring (bicyclic) bond motifs is 1. The van der Waals surface area contributed by atoms with Gasteiger partial charge in [0.15, 0.2) is 0 Å². The molecule has 0 spiro atoms. The summed E-state index contributed by atoms with van der Waals surface area (Å²) in [6.45, 7) is 6.26. The van der Waals surface area contributed by atoms with Crippen LogP contribution in [0.25, 0.3) is 22.3 Å². The van der Waals surface area contributed by atoms with Crippen molar-refractivity contribution in [1.29, 1.82) is 5.26 Å². The average Bonchev–Trinajstić information content (AvgIpc) is 2.99. The van der Waals surface area contributed by atoms with E-state index in [-0.39, 0.29) is 0 Å². The number of hydrogen-bond donors (Lipinski definition) is 0. The van der Waals surface area contributed by atoms with Crippen LogP contribution in [0.5, 0.6) is 0 Å². The quantitative estimate of drug-likeness (QED) is 0.691. The molecule has 0 N–H and O–H groups in total. The van der Waals surface area contributed by atoms with Crippen molar-refractivity contribution in [1.82, 2.24) is 0 Å². The lowest BCUT2D eigenvalue weighted by molar-refractivity contribution is 0.631. The van der Waals surface area contributed by atoms with Gasteiger partial charge in [0.25, 0.3) is 0 Å². The van der Waals surface area contributed by atoms with Crippen LogP contribution in [0.4, 0.5) is 5.69 Å². The van der Waals surface area contributed by atoms with Gasteiger partial charge in [-0.2, -0.15) is 5.26 Å². The van der Waals surface area contributed by atoms with E-state index >= 15 is 0 Å². The first-order valence-electron chi connectivity index (χ1n) is 7.54. The topological polar surface area (TPSA) is 40.2 Å². The Hall–Kier alpha value is -2.73. The number of hydrogen-bond acceptors (Lipinski definition) is 3. The minimum Gasteiger partial charge on any atom is -0.456 e. The summed E-state index contributed by atoms with van der Waals surface area (Å²) in [6.07, 6.45) is 0. The molecular weight excluding hydrogens is 272 g/mol. The molecule has 0 radical (unpaired) electrons. The molecule has 0 fully saturated rings. The lowest BCUT2D eigenvalue weighted by atomic mass is 10.1. The first kappa shape index (κ1) is 14.2. The fourth-order valence-electron chi connectivity index (χ4n) is 2.66. The van der Waals surface area contributed by atoms with Gasteiger partial charge in [-0.3, -0.25) is 0 Å². The van der Waals surface area contributed by atoms with E-state index in [1.54, 1.807) is 0 Å². The van der Waals surface area contributed by atoms with E-state index in [0.29, 0.717) is 5.56 Å². The predicted molar refractivity (Wildman–Crippen MR) is 89.9 cm³/mol. The number of anilines is 1. The van der Waals surface area contributed by atoms with Gasteiger partial charge in [-0.05, 0) is 56.3 Å². The maximum Gasteiger partial charge on any atom is 0.136 e. The van der Waals surface area contributed by atoms with E-state index in [1.807, 2.05) is 30.3 Å². The van der Waals surface area contributed by atoms with Crippen LogP contribution in [0.2, 0.25) is 0 Å². The molecule has 1 heterocycles. The van der Waals surface area contributed by atoms with Crippen LogP contribution >= 0.6 is 0 Å². The van der Waals surface area contributed by atoms with E-state index in [4.69, 9.17) is 9.68 Å². The number of furan rings is 1. The van der Waals surface area contributed by atoms with Gasteiger partial charge < -0.3 is 9.32 Å². The maximum absolute atomic E-state index is 8.86. The molecule has 0 atom stereocenters. The van der Waals surface area contributed by atoms with Crippen LogP contribution in [0.15, 0.2) is 52.9 Å². The summed E-state index contributed by atoms with van der Waals surface area (Å²) in [5.41, 5.74) is 3.71. The molecule has 0 aliphatic rings. The summed E-state index contributed by atoms with van der Waals surface area (Å²) >= 11 is 0. The van der Waals surface area contributed by atoms with Gasteiger partial charge in [-0.25, -0.2) is 0 Å². The number of benzene rings is 2. The van der Waals surface area contributed by atoms with Crippen molar-refractivity contribution in [3.8, 4) is 17.4 Å².